The summed E-state index contributed by atoms with van der Waals surface area (Å²) in [5, 5.41) is 27.6. The molecule has 0 aromatic carbocycles. The number of aliphatic imine (C=N–C) groups is 1. The molecule has 30 heavy (non-hydrogen) atoms. The maximum atomic E-state index is 12.2. The van der Waals surface area contributed by atoms with Gasteiger partial charge in [-0.15, -0.1) is 0 Å². The quantitative estimate of drug-likeness (QED) is 0.312. The fourth-order valence-corrected chi connectivity index (χ4v) is 9.31. The van der Waals surface area contributed by atoms with Crippen molar-refractivity contribution in [2.75, 3.05) is 0 Å². The fourth-order valence-electron chi connectivity index (χ4n) is 9.31. The minimum Gasteiger partial charge on any atom is -0.370 e. The maximum Gasteiger partial charge on any atom is 0.245 e. The highest BCUT2D eigenvalue weighted by atomic mass is 16.6. The molecule has 164 valence electrons. The average molecular weight is 418 g/mol. The van der Waals surface area contributed by atoms with Gasteiger partial charge in [0.1, 0.15) is 12.1 Å². The average Bonchev–Trinajstić information content (AvgIpc) is 2.66. The van der Waals surface area contributed by atoms with E-state index in [1.165, 1.54) is 0 Å². The molecule has 6 atom stereocenters. The summed E-state index contributed by atoms with van der Waals surface area (Å²) < 4.78 is 0. The number of nitrogens with two attached hydrogens (primary N) is 1. The van der Waals surface area contributed by atoms with Gasteiger partial charge in [0.05, 0.1) is 0 Å². The fraction of sp³-hybridized carbons (Fsp3) is 0.952. The summed E-state index contributed by atoms with van der Waals surface area (Å²) in [6.45, 7) is 0. The second-order valence-electron chi connectivity index (χ2n) is 11.5. The Morgan fingerprint density at radius 3 is 1.77 bits per heavy atom. The van der Waals surface area contributed by atoms with E-state index in [4.69, 9.17) is 10.7 Å². The summed E-state index contributed by atoms with van der Waals surface area (Å²) in [6.07, 6.45) is 8.72. The van der Waals surface area contributed by atoms with Crippen molar-refractivity contribution < 1.29 is 9.85 Å². The third-order valence-corrected chi connectivity index (χ3v) is 9.80. The second-order valence-corrected chi connectivity index (χ2v) is 11.5. The number of guanidine groups is 1. The number of hydrogen-bond acceptors (Lipinski definition) is 5. The van der Waals surface area contributed by atoms with Crippen LogP contribution in [0.4, 0.5) is 0 Å². The zero-order valence-corrected chi connectivity index (χ0v) is 17.2. The zero-order valence-electron chi connectivity index (χ0n) is 17.2. The Morgan fingerprint density at radius 2 is 1.27 bits per heavy atom. The first-order valence-electron chi connectivity index (χ1n) is 11.7. The molecule has 8 aliphatic carbocycles. The van der Waals surface area contributed by atoms with Crippen LogP contribution in [0, 0.1) is 55.7 Å². The molecule has 0 aromatic heterocycles. The molecular weight excluding hydrogens is 386 g/mol. The first kappa shape index (κ1) is 18.8. The van der Waals surface area contributed by atoms with Gasteiger partial charge in [0, 0.05) is 35.5 Å². The molecule has 0 spiro atoms. The standard InChI is InChI=1S/C21H31N5O4/c22-19(23-17-15-3-11-1-12(4-15)8-20(17,7-11)25(27)28)24-18-16-5-13-2-14(6-16)10-21(18,9-13)26(29)30/h11-18H,1-10H2,(H3,22,23,24). The number of rotatable bonds is 4. The van der Waals surface area contributed by atoms with Gasteiger partial charge in [0.25, 0.3) is 0 Å². The van der Waals surface area contributed by atoms with Crippen molar-refractivity contribution >= 4 is 5.96 Å². The van der Waals surface area contributed by atoms with Crippen molar-refractivity contribution in [3.8, 4) is 0 Å². The van der Waals surface area contributed by atoms with E-state index in [0.29, 0.717) is 49.4 Å². The molecule has 8 rings (SSSR count). The molecule has 8 aliphatic rings. The molecule has 6 unspecified atom stereocenters. The molecule has 8 bridgehead atoms. The molecule has 0 radical (unpaired) electrons. The van der Waals surface area contributed by atoms with Gasteiger partial charge in [-0.1, -0.05) is 0 Å². The van der Waals surface area contributed by atoms with E-state index in [2.05, 4.69) is 5.32 Å². The van der Waals surface area contributed by atoms with E-state index in [-0.39, 0.29) is 33.7 Å². The van der Waals surface area contributed by atoms with Gasteiger partial charge in [-0.3, -0.25) is 20.2 Å². The van der Waals surface area contributed by atoms with Gasteiger partial charge in [-0.2, -0.15) is 0 Å². The van der Waals surface area contributed by atoms with Crippen LogP contribution in [0.1, 0.15) is 64.2 Å². The van der Waals surface area contributed by atoms with Crippen LogP contribution in [0.2, 0.25) is 0 Å². The Bertz CT molecular complexity index is 802. The van der Waals surface area contributed by atoms with Crippen LogP contribution < -0.4 is 11.1 Å². The number of nitrogens with zero attached hydrogens (tertiary/aromatic N) is 3. The van der Waals surface area contributed by atoms with Gasteiger partial charge in [0.15, 0.2) is 5.96 Å². The lowest BCUT2D eigenvalue weighted by molar-refractivity contribution is -0.592. The van der Waals surface area contributed by atoms with E-state index in [0.717, 1.165) is 38.5 Å². The SMILES string of the molecule is NC(=NC1C2CC3CC(C2)CC1([N+](=O)[O-])C3)NC1C2CC3CC(C2)CC1([N+](=O)[O-])C3. The molecule has 3 N–H and O–H groups in total. The van der Waals surface area contributed by atoms with E-state index in [1.807, 2.05) is 0 Å². The number of nitrogens with one attached hydrogen (secondary N) is 1. The lowest BCUT2D eigenvalue weighted by atomic mass is 9.50. The van der Waals surface area contributed by atoms with Crippen LogP contribution in [-0.4, -0.2) is 39.0 Å². The second kappa shape index (κ2) is 6.07. The maximum absolute atomic E-state index is 12.2. The normalized spacial score (nSPS) is 53.1. The molecule has 8 saturated carbocycles. The van der Waals surface area contributed by atoms with E-state index in [1.54, 1.807) is 0 Å². The molecule has 0 saturated heterocycles. The first-order chi connectivity index (χ1) is 14.3. The third kappa shape index (κ3) is 2.43. The van der Waals surface area contributed by atoms with E-state index >= 15 is 0 Å². The molecule has 9 heteroatoms. The van der Waals surface area contributed by atoms with Crippen molar-refractivity contribution in [1.29, 1.82) is 0 Å². The Labute approximate surface area is 175 Å². The van der Waals surface area contributed by atoms with E-state index < -0.39 is 17.1 Å². The lowest BCUT2D eigenvalue weighted by Gasteiger charge is -2.56. The van der Waals surface area contributed by atoms with Crippen molar-refractivity contribution in [3.63, 3.8) is 0 Å². The van der Waals surface area contributed by atoms with Crippen molar-refractivity contribution in [1.82, 2.24) is 5.32 Å². The summed E-state index contributed by atoms with van der Waals surface area (Å²) in [4.78, 5) is 28.9. The zero-order chi connectivity index (χ0) is 20.8. The van der Waals surface area contributed by atoms with Gasteiger partial charge < -0.3 is 11.1 Å². The third-order valence-electron chi connectivity index (χ3n) is 9.80. The Morgan fingerprint density at radius 1 is 0.800 bits per heavy atom. The van der Waals surface area contributed by atoms with Crippen LogP contribution in [0.5, 0.6) is 0 Å². The Balaban J connectivity index is 1.29. The molecule has 0 amide bonds. The molecule has 0 heterocycles. The highest BCUT2D eigenvalue weighted by molar-refractivity contribution is 5.78. The van der Waals surface area contributed by atoms with Crippen molar-refractivity contribution in [2.24, 2.45) is 46.2 Å². The van der Waals surface area contributed by atoms with Crippen LogP contribution in [0.25, 0.3) is 0 Å². The van der Waals surface area contributed by atoms with Crippen LogP contribution in [-0.2, 0) is 0 Å². The summed E-state index contributed by atoms with van der Waals surface area (Å²) >= 11 is 0. The summed E-state index contributed by atoms with van der Waals surface area (Å²) in [7, 11) is 0. The first-order valence-corrected chi connectivity index (χ1v) is 11.7. The highest BCUT2D eigenvalue weighted by Gasteiger charge is 2.66. The predicted octanol–water partition coefficient (Wildman–Crippen LogP) is 2.34. The molecule has 8 fully saturated rings. The molecule has 9 nitrogen and oxygen atoms in total. The van der Waals surface area contributed by atoms with Crippen molar-refractivity contribution in [3.05, 3.63) is 20.2 Å². The van der Waals surface area contributed by atoms with Gasteiger partial charge >= 0.3 is 0 Å². The van der Waals surface area contributed by atoms with Crippen LogP contribution in [0.3, 0.4) is 0 Å². The minimum atomic E-state index is -0.994. The van der Waals surface area contributed by atoms with Crippen molar-refractivity contribution in [2.45, 2.75) is 87.4 Å². The van der Waals surface area contributed by atoms with Crippen LogP contribution in [0.15, 0.2) is 4.99 Å². The molecule has 0 aliphatic heterocycles. The van der Waals surface area contributed by atoms with Crippen LogP contribution >= 0.6 is 0 Å². The smallest absolute Gasteiger partial charge is 0.245 e. The Kier molecular flexibility index (Phi) is 3.80. The van der Waals surface area contributed by atoms with Gasteiger partial charge in [-0.05, 0) is 74.0 Å². The monoisotopic (exact) mass is 417 g/mol. The van der Waals surface area contributed by atoms with Gasteiger partial charge in [-0.25, -0.2) is 4.99 Å². The summed E-state index contributed by atoms with van der Waals surface area (Å²) in [5.41, 5.74) is 4.39. The van der Waals surface area contributed by atoms with E-state index in [9.17, 15) is 20.2 Å². The summed E-state index contributed by atoms with van der Waals surface area (Å²) in [6, 6.07) is -0.719. The largest absolute Gasteiger partial charge is 0.370 e. The highest BCUT2D eigenvalue weighted by Crippen LogP contribution is 2.59. The number of nitro groups is 2. The minimum absolute atomic E-state index is 0.0657. The Hall–Kier alpha value is -1.93. The molecular formula is C21H31N5O4. The lowest BCUT2D eigenvalue weighted by Crippen LogP contribution is -2.70. The summed E-state index contributed by atoms with van der Waals surface area (Å²) in [5.74, 6) is 2.43. The molecule has 0 aromatic rings. The van der Waals surface area contributed by atoms with Gasteiger partial charge in [0.2, 0.25) is 11.1 Å². The predicted molar refractivity (Wildman–Crippen MR) is 109 cm³/mol. The topological polar surface area (TPSA) is 137 Å². The number of hydrogen-bond donors (Lipinski definition) is 2.